The Morgan fingerprint density at radius 3 is 2.68 bits per heavy atom. The first kappa shape index (κ1) is 17.5. The summed E-state index contributed by atoms with van der Waals surface area (Å²) in [5.74, 6) is 0.580. The fourth-order valence-electron chi connectivity index (χ4n) is 3.27. The predicted molar refractivity (Wildman–Crippen MR) is 102 cm³/mol. The van der Waals surface area contributed by atoms with Gasteiger partial charge in [-0.3, -0.25) is 4.79 Å². The molecule has 132 valence electrons. The fourth-order valence-corrected chi connectivity index (χ4v) is 3.27. The van der Waals surface area contributed by atoms with Crippen LogP contribution in [0.2, 0.25) is 0 Å². The molecule has 0 spiro atoms. The molecule has 0 bridgehead atoms. The van der Waals surface area contributed by atoms with Crippen LogP contribution in [0.3, 0.4) is 0 Å². The summed E-state index contributed by atoms with van der Waals surface area (Å²) >= 11 is 0. The van der Waals surface area contributed by atoms with Gasteiger partial charge in [-0.25, -0.2) is 4.99 Å². The zero-order chi connectivity index (χ0) is 18.0. The van der Waals surface area contributed by atoms with Crippen LogP contribution in [0.25, 0.3) is 10.8 Å². The number of benzene rings is 2. The minimum absolute atomic E-state index is 0.0660. The van der Waals surface area contributed by atoms with Crippen molar-refractivity contribution in [3.63, 3.8) is 0 Å². The molecule has 1 heterocycles. The van der Waals surface area contributed by atoms with E-state index in [9.17, 15) is 4.79 Å². The molecule has 1 aliphatic rings. The minimum atomic E-state index is -0.206. The molecular formula is C21H26N2O2. The molecule has 2 aromatic carbocycles. The molecule has 25 heavy (non-hydrogen) atoms. The summed E-state index contributed by atoms with van der Waals surface area (Å²) < 4.78 is 5.87. The lowest BCUT2D eigenvalue weighted by molar-refractivity contribution is -0.119. The van der Waals surface area contributed by atoms with Crippen molar-refractivity contribution < 1.29 is 9.53 Å². The molecule has 0 saturated carbocycles. The van der Waals surface area contributed by atoms with Gasteiger partial charge in [-0.05, 0) is 28.2 Å². The molecule has 0 radical (unpaired) electrons. The van der Waals surface area contributed by atoms with E-state index in [1.54, 1.807) is 0 Å². The highest BCUT2D eigenvalue weighted by Gasteiger charge is 2.35. The molecule has 1 amide bonds. The van der Waals surface area contributed by atoms with E-state index in [4.69, 9.17) is 9.73 Å². The highest BCUT2D eigenvalue weighted by molar-refractivity contribution is 5.89. The maximum absolute atomic E-state index is 11.6. The van der Waals surface area contributed by atoms with E-state index < -0.39 is 0 Å². The standard InChI is InChI=1S/C21H26N2O2/c1-14(24)22-19(21(2,3)4)20-23-17(13-25-20)12-16-10-7-9-15-8-5-6-11-18(15)16/h5-11,17,19H,12-13H2,1-4H3,(H,22,24)/t17-,19+/m0/s1. The number of carbonyl (C=O) groups is 1. The third-order valence-corrected chi connectivity index (χ3v) is 4.53. The molecule has 2 atom stereocenters. The lowest BCUT2D eigenvalue weighted by Crippen LogP contribution is -2.48. The van der Waals surface area contributed by atoms with E-state index in [0.717, 1.165) is 6.42 Å². The first-order valence-corrected chi connectivity index (χ1v) is 8.79. The number of hydrogen-bond donors (Lipinski definition) is 1. The summed E-state index contributed by atoms with van der Waals surface area (Å²) in [5, 5.41) is 5.49. The molecule has 0 saturated heterocycles. The van der Waals surface area contributed by atoms with Crippen LogP contribution in [0.4, 0.5) is 0 Å². The van der Waals surface area contributed by atoms with Crippen molar-refractivity contribution in [1.29, 1.82) is 0 Å². The molecular weight excluding hydrogens is 312 g/mol. The van der Waals surface area contributed by atoms with Gasteiger partial charge in [0.2, 0.25) is 11.8 Å². The molecule has 4 nitrogen and oxygen atoms in total. The van der Waals surface area contributed by atoms with Gasteiger partial charge in [-0.15, -0.1) is 0 Å². The summed E-state index contributed by atoms with van der Waals surface area (Å²) in [6.45, 7) is 8.33. The molecule has 4 heteroatoms. The average molecular weight is 338 g/mol. The summed E-state index contributed by atoms with van der Waals surface area (Å²) in [4.78, 5) is 16.3. The summed E-state index contributed by atoms with van der Waals surface area (Å²) in [6, 6.07) is 14.7. The van der Waals surface area contributed by atoms with Crippen molar-refractivity contribution in [2.75, 3.05) is 6.61 Å². The van der Waals surface area contributed by atoms with Crippen LogP contribution < -0.4 is 5.32 Å². The second kappa shape index (κ2) is 6.87. The molecule has 1 N–H and O–H groups in total. The first-order chi connectivity index (χ1) is 11.8. The van der Waals surface area contributed by atoms with Gasteiger partial charge in [0.05, 0.1) is 6.04 Å². The number of aliphatic imine (C=N–C) groups is 1. The Morgan fingerprint density at radius 2 is 1.96 bits per heavy atom. The van der Waals surface area contributed by atoms with Gasteiger partial charge in [-0.1, -0.05) is 63.2 Å². The Morgan fingerprint density at radius 1 is 1.24 bits per heavy atom. The molecule has 0 fully saturated rings. The first-order valence-electron chi connectivity index (χ1n) is 8.79. The Bertz CT molecular complexity index is 800. The highest BCUT2D eigenvalue weighted by atomic mass is 16.5. The topological polar surface area (TPSA) is 50.7 Å². The van der Waals surface area contributed by atoms with Crippen molar-refractivity contribution in [2.45, 2.75) is 46.2 Å². The van der Waals surface area contributed by atoms with Crippen LogP contribution in [0, 0.1) is 5.41 Å². The number of rotatable bonds is 4. The normalized spacial score (nSPS) is 18.6. The average Bonchev–Trinajstić information content (AvgIpc) is 3.00. The summed E-state index contributed by atoms with van der Waals surface area (Å²) in [5.41, 5.74) is 1.13. The second-order valence-electron chi connectivity index (χ2n) is 7.77. The van der Waals surface area contributed by atoms with Gasteiger partial charge in [0, 0.05) is 6.92 Å². The quantitative estimate of drug-likeness (QED) is 0.923. The molecule has 0 unspecified atom stereocenters. The van der Waals surface area contributed by atoms with E-state index in [2.05, 4.69) is 68.6 Å². The minimum Gasteiger partial charge on any atom is -0.477 e. The van der Waals surface area contributed by atoms with Crippen molar-refractivity contribution in [2.24, 2.45) is 10.4 Å². The van der Waals surface area contributed by atoms with Crippen LogP contribution in [0.5, 0.6) is 0 Å². The van der Waals surface area contributed by atoms with Crippen LogP contribution in [-0.2, 0) is 16.0 Å². The lowest BCUT2D eigenvalue weighted by Gasteiger charge is -2.30. The Hall–Kier alpha value is -2.36. The maximum atomic E-state index is 11.6. The molecule has 1 aliphatic heterocycles. The third-order valence-electron chi connectivity index (χ3n) is 4.53. The largest absolute Gasteiger partial charge is 0.477 e. The number of carbonyl (C=O) groups excluding carboxylic acids is 1. The molecule has 0 aromatic heterocycles. The zero-order valence-electron chi connectivity index (χ0n) is 15.4. The van der Waals surface area contributed by atoms with Gasteiger partial charge < -0.3 is 10.1 Å². The van der Waals surface area contributed by atoms with Crippen LogP contribution >= 0.6 is 0 Å². The Kier molecular flexibility index (Phi) is 4.80. The maximum Gasteiger partial charge on any atom is 0.217 e. The van der Waals surface area contributed by atoms with Gasteiger partial charge in [0.1, 0.15) is 12.6 Å². The van der Waals surface area contributed by atoms with E-state index in [1.165, 1.54) is 23.3 Å². The number of fused-ring (bicyclic) bond motifs is 1. The SMILES string of the molecule is CC(=O)N[C@H](C1=N[C@@H](Cc2cccc3ccccc23)CO1)C(C)(C)C. The Labute approximate surface area is 149 Å². The van der Waals surface area contributed by atoms with Crippen LogP contribution in [0.15, 0.2) is 47.5 Å². The van der Waals surface area contributed by atoms with Crippen molar-refractivity contribution in [1.82, 2.24) is 5.32 Å². The lowest BCUT2D eigenvalue weighted by atomic mass is 9.86. The monoisotopic (exact) mass is 338 g/mol. The molecule has 0 aliphatic carbocycles. The summed E-state index contributed by atoms with van der Waals surface area (Å²) in [6.07, 6.45) is 0.835. The van der Waals surface area contributed by atoms with Crippen molar-refractivity contribution in [3.05, 3.63) is 48.0 Å². The fraction of sp³-hybridized carbons (Fsp3) is 0.429. The van der Waals surface area contributed by atoms with Gasteiger partial charge in [0.25, 0.3) is 0 Å². The third kappa shape index (κ3) is 4.01. The van der Waals surface area contributed by atoms with Crippen molar-refractivity contribution in [3.8, 4) is 0 Å². The number of nitrogens with one attached hydrogen (secondary N) is 1. The predicted octanol–water partition coefficient (Wildman–Crippen LogP) is 3.73. The number of nitrogens with zero attached hydrogens (tertiary/aromatic N) is 1. The van der Waals surface area contributed by atoms with Gasteiger partial charge in [-0.2, -0.15) is 0 Å². The zero-order valence-corrected chi connectivity index (χ0v) is 15.4. The van der Waals surface area contributed by atoms with E-state index in [1.807, 2.05) is 0 Å². The number of ether oxygens (including phenoxy) is 1. The van der Waals surface area contributed by atoms with Crippen molar-refractivity contribution >= 4 is 22.6 Å². The van der Waals surface area contributed by atoms with E-state index in [0.29, 0.717) is 12.5 Å². The second-order valence-corrected chi connectivity index (χ2v) is 7.77. The number of hydrogen-bond acceptors (Lipinski definition) is 3. The highest BCUT2D eigenvalue weighted by Crippen LogP contribution is 2.26. The summed E-state index contributed by atoms with van der Waals surface area (Å²) in [7, 11) is 0. The van der Waals surface area contributed by atoms with E-state index in [-0.39, 0.29) is 23.4 Å². The molecule has 3 rings (SSSR count). The van der Waals surface area contributed by atoms with Gasteiger partial charge in [0.15, 0.2) is 0 Å². The van der Waals surface area contributed by atoms with Crippen LogP contribution in [0.1, 0.15) is 33.3 Å². The van der Waals surface area contributed by atoms with Gasteiger partial charge >= 0.3 is 0 Å². The smallest absolute Gasteiger partial charge is 0.217 e. The molecule has 2 aromatic rings. The van der Waals surface area contributed by atoms with Crippen LogP contribution in [-0.4, -0.2) is 30.5 Å². The Balaban J connectivity index is 1.82. The van der Waals surface area contributed by atoms with E-state index >= 15 is 0 Å². The number of amides is 1.